The first-order valence-electron chi connectivity index (χ1n) is 10.8. The number of rotatable bonds is 2. The van der Waals surface area contributed by atoms with E-state index in [-0.39, 0.29) is 10.9 Å². The summed E-state index contributed by atoms with van der Waals surface area (Å²) >= 11 is 0. The van der Waals surface area contributed by atoms with Crippen LogP contribution in [-0.2, 0) is 10.0 Å². The van der Waals surface area contributed by atoms with Gasteiger partial charge in [-0.2, -0.15) is 4.31 Å². The van der Waals surface area contributed by atoms with Crippen LogP contribution in [0.2, 0.25) is 0 Å². The molecule has 0 saturated carbocycles. The van der Waals surface area contributed by atoms with Crippen molar-refractivity contribution in [2.45, 2.75) is 24.8 Å². The Morgan fingerprint density at radius 2 is 1.76 bits per heavy atom. The average molecular weight is 466 g/mol. The number of hydrogen-bond donors (Lipinski definition) is 0. The Hall–Kier alpha value is -3.23. The van der Waals surface area contributed by atoms with Crippen molar-refractivity contribution in [1.29, 1.82) is 0 Å². The summed E-state index contributed by atoms with van der Waals surface area (Å²) in [7, 11) is -3.73. The smallest absolute Gasteiger partial charge is 0.243 e. The first kappa shape index (κ1) is 21.6. The maximum absolute atomic E-state index is 13.3. The molecule has 0 amide bonds. The normalized spacial score (nSPS) is 18.6. The van der Waals surface area contributed by atoms with Crippen molar-refractivity contribution in [2.24, 2.45) is 4.99 Å². The zero-order chi connectivity index (χ0) is 23.2. The lowest BCUT2D eigenvalue weighted by molar-refractivity contribution is 0.205. The van der Waals surface area contributed by atoms with Gasteiger partial charge in [0, 0.05) is 25.7 Å². The maximum atomic E-state index is 13.3. The highest BCUT2D eigenvalue weighted by Crippen LogP contribution is 2.39. The van der Waals surface area contributed by atoms with Crippen molar-refractivity contribution in [3.8, 4) is 11.5 Å². The molecule has 0 bridgehead atoms. The maximum Gasteiger partial charge on any atom is 0.243 e. The van der Waals surface area contributed by atoms with Gasteiger partial charge in [-0.1, -0.05) is 18.2 Å². The van der Waals surface area contributed by atoms with Gasteiger partial charge >= 0.3 is 0 Å². The Morgan fingerprint density at radius 3 is 2.52 bits per heavy atom. The van der Waals surface area contributed by atoms with E-state index in [0.717, 1.165) is 28.4 Å². The van der Waals surface area contributed by atoms with Gasteiger partial charge in [-0.25, -0.2) is 17.8 Å². The molecule has 0 aliphatic carbocycles. The summed E-state index contributed by atoms with van der Waals surface area (Å²) in [5, 5.41) is 0. The Kier molecular flexibility index (Phi) is 5.42. The third kappa shape index (κ3) is 4.00. The minimum Gasteiger partial charge on any atom is -0.454 e. The number of para-hydroxylation sites is 1. The molecule has 0 N–H and O–H groups in total. The van der Waals surface area contributed by atoms with E-state index >= 15 is 0 Å². The van der Waals surface area contributed by atoms with E-state index in [1.807, 2.05) is 56.3 Å². The monoisotopic (exact) mass is 465 g/mol. The second kappa shape index (κ2) is 8.28. The average Bonchev–Trinajstić information content (AvgIpc) is 2.95. The van der Waals surface area contributed by atoms with Gasteiger partial charge in [-0.3, -0.25) is 0 Å². The predicted molar refractivity (Wildman–Crippen MR) is 125 cm³/mol. The number of benzene rings is 3. The highest BCUT2D eigenvalue weighted by atomic mass is 32.2. The SMILES string of the molecule is Cc1ccc2c(c1)Oc1ccccc1C(N1CCN(S(=O)(=O)c3ccc(F)cc3)C(C)C1)=N2. The van der Waals surface area contributed by atoms with Crippen molar-refractivity contribution >= 4 is 21.5 Å². The van der Waals surface area contributed by atoms with Gasteiger partial charge < -0.3 is 9.64 Å². The molecule has 1 unspecified atom stereocenters. The van der Waals surface area contributed by atoms with Crippen LogP contribution in [0.4, 0.5) is 10.1 Å². The summed E-state index contributed by atoms with van der Waals surface area (Å²) in [5.74, 6) is 1.71. The number of piperazine rings is 1. The molecule has 3 aromatic rings. The fraction of sp³-hybridized carbons (Fsp3) is 0.240. The van der Waals surface area contributed by atoms with Crippen LogP contribution < -0.4 is 4.74 Å². The molecular weight excluding hydrogens is 441 g/mol. The van der Waals surface area contributed by atoms with Crippen LogP contribution in [-0.4, -0.2) is 49.1 Å². The van der Waals surface area contributed by atoms with E-state index in [1.54, 1.807) is 0 Å². The molecule has 6 nitrogen and oxygen atoms in total. The van der Waals surface area contributed by atoms with E-state index in [9.17, 15) is 12.8 Å². The van der Waals surface area contributed by atoms with E-state index in [0.29, 0.717) is 25.4 Å². The summed E-state index contributed by atoms with van der Waals surface area (Å²) in [6.45, 7) is 5.12. The van der Waals surface area contributed by atoms with E-state index in [4.69, 9.17) is 9.73 Å². The number of nitrogens with zero attached hydrogens (tertiary/aromatic N) is 3. The van der Waals surface area contributed by atoms with Crippen molar-refractivity contribution in [2.75, 3.05) is 19.6 Å². The van der Waals surface area contributed by atoms with Gasteiger partial charge in [0.15, 0.2) is 5.75 Å². The lowest BCUT2D eigenvalue weighted by Gasteiger charge is -2.40. The molecule has 2 heterocycles. The number of ether oxygens (including phenoxy) is 1. The predicted octanol–water partition coefficient (Wildman–Crippen LogP) is 4.71. The van der Waals surface area contributed by atoms with Crippen molar-refractivity contribution in [3.05, 3.63) is 83.7 Å². The number of hydrogen-bond acceptors (Lipinski definition) is 5. The van der Waals surface area contributed by atoms with Crippen molar-refractivity contribution in [1.82, 2.24) is 9.21 Å². The molecule has 0 radical (unpaired) electrons. The van der Waals surface area contributed by atoms with Crippen LogP contribution in [0.15, 0.2) is 76.6 Å². The number of aliphatic imine (C=N–C) groups is 1. The highest BCUT2D eigenvalue weighted by Gasteiger charge is 2.36. The first-order chi connectivity index (χ1) is 15.8. The van der Waals surface area contributed by atoms with Crippen LogP contribution in [0.25, 0.3) is 0 Å². The van der Waals surface area contributed by atoms with Crippen LogP contribution >= 0.6 is 0 Å². The number of fused-ring (bicyclic) bond motifs is 2. The van der Waals surface area contributed by atoms with Gasteiger partial charge in [-0.05, 0) is 67.9 Å². The molecule has 1 atom stereocenters. The van der Waals surface area contributed by atoms with Gasteiger partial charge in [0.2, 0.25) is 10.0 Å². The van der Waals surface area contributed by atoms with Gasteiger partial charge in [0.05, 0.1) is 10.5 Å². The second-order valence-electron chi connectivity index (χ2n) is 8.37. The topological polar surface area (TPSA) is 62.2 Å². The fourth-order valence-corrected chi connectivity index (χ4v) is 5.92. The molecule has 170 valence electrons. The van der Waals surface area contributed by atoms with Crippen LogP contribution in [0.1, 0.15) is 18.1 Å². The zero-order valence-corrected chi connectivity index (χ0v) is 19.2. The molecule has 2 aliphatic rings. The Balaban J connectivity index is 1.47. The zero-order valence-electron chi connectivity index (χ0n) is 18.4. The fourth-order valence-electron chi connectivity index (χ4n) is 4.30. The number of halogens is 1. The highest BCUT2D eigenvalue weighted by molar-refractivity contribution is 7.89. The minimum absolute atomic E-state index is 0.0963. The summed E-state index contributed by atoms with van der Waals surface area (Å²) in [5.41, 5.74) is 2.69. The molecule has 1 saturated heterocycles. The molecule has 5 rings (SSSR count). The summed E-state index contributed by atoms with van der Waals surface area (Å²) in [6, 6.07) is 18.3. The summed E-state index contributed by atoms with van der Waals surface area (Å²) in [6.07, 6.45) is 0. The van der Waals surface area contributed by atoms with Gasteiger partial charge in [0.1, 0.15) is 23.1 Å². The molecule has 8 heteroatoms. The summed E-state index contributed by atoms with van der Waals surface area (Å²) in [4.78, 5) is 7.15. The van der Waals surface area contributed by atoms with Crippen LogP contribution in [0.5, 0.6) is 11.5 Å². The third-order valence-electron chi connectivity index (χ3n) is 5.98. The molecular formula is C25H24FN3O3S. The molecule has 2 aliphatic heterocycles. The molecule has 3 aromatic carbocycles. The third-order valence-corrected chi connectivity index (χ3v) is 8.00. The molecule has 33 heavy (non-hydrogen) atoms. The Morgan fingerprint density at radius 1 is 1.00 bits per heavy atom. The van der Waals surface area contributed by atoms with Crippen molar-refractivity contribution < 1.29 is 17.5 Å². The van der Waals surface area contributed by atoms with Gasteiger partial charge in [0.25, 0.3) is 0 Å². The van der Waals surface area contributed by atoms with E-state index in [1.165, 1.54) is 28.6 Å². The molecule has 0 aromatic heterocycles. The van der Waals surface area contributed by atoms with E-state index in [2.05, 4.69) is 4.90 Å². The standard InChI is InChI=1S/C25H24FN3O3S/c1-17-7-12-22-24(15-17)32-23-6-4-3-5-21(23)25(27-22)28-13-14-29(18(2)16-28)33(30,31)20-10-8-19(26)9-11-20/h3-12,15,18H,13-14,16H2,1-2H3. The first-order valence-corrected chi connectivity index (χ1v) is 12.3. The van der Waals surface area contributed by atoms with Gasteiger partial charge in [-0.15, -0.1) is 0 Å². The summed E-state index contributed by atoms with van der Waals surface area (Å²) < 4.78 is 47.3. The van der Waals surface area contributed by atoms with Crippen LogP contribution in [0.3, 0.4) is 0 Å². The Bertz CT molecular complexity index is 1340. The van der Waals surface area contributed by atoms with Crippen molar-refractivity contribution in [3.63, 3.8) is 0 Å². The quantitative estimate of drug-likeness (QED) is 0.550. The molecule has 1 fully saturated rings. The number of sulfonamides is 1. The molecule has 0 spiro atoms. The minimum atomic E-state index is -3.73. The van der Waals surface area contributed by atoms with E-state index < -0.39 is 15.8 Å². The lowest BCUT2D eigenvalue weighted by atomic mass is 10.1. The largest absolute Gasteiger partial charge is 0.454 e. The number of aryl methyl sites for hydroxylation is 1. The number of amidine groups is 1. The van der Waals surface area contributed by atoms with Crippen LogP contribution in [0, 0.1) is 12.7 Å². The second-order valence-corrected chi connectivity index (χ2v) is 10.3. The Labute approximate surface area is 193 Å². The lowest BCUT2D eigenvalue weighted by Crippen LogP contribution is -2.55.